The molecule has 0 saturated heterocycles. The zero-order valence-electron chi connectivity index (χ0n) is 17.6. The Morgan fingerprint density at radius 1 is 0.970 bits per heavy atom. The number of aryl methyl sites for hydroxylation is 1. The summed E-state index contributed by atoms with van der Waals surface area (Å²) in [6.45, 7) is 2.90. The second-order valence-corrected chi connectivity index (χ2v) is 8.79. The molecule has 0 fully saturated rings. The van der Waals surface area contributed by atoms with Gasteiger partial charge in [0.25, 0.3) is 15.9 Å². The average molecular weight is 474 g/mol. The standard InChI is InChI=1S/C23H20F2N2O5S/c1-14-7-10-17(13-20(14)25)26-22(28)15(2)32-23(29)19-5-3-4-6-21(19)27-33(30,31)18-11-8-16(24)9-12-18/h3-13,15,27H,1-2H3,(H,26,28). The van der Waals surface area contributed by atoms with Crippen LogP contribution < -0.4 is 10.0 Å². The molecule has 0 aliphatic carbocycles. The highest BCUT2D eigenvalue weighted by molar-refractivity contribution is 7.92. The Kier molecular flexibility index (Phi) is 7.07. The summed E-state index contributed by atoms with van der Waals surface area (Å²) >= 11 is 0. The first kappa shape index (κ1) is 23.9. The van der Waals surface area contributed by atoms with Crippen LogP contribution in [0.4, 0.5) is 20.2 Å². The van der Waals surface area contributed by atoms with E-state index in [1.54, 1.807) is 6.92 Å². The molecule has 3 aromatic carbocycles. The number of benzene rings is 3. The maximum Gasteiger partial charge on any atom is 0.341 e. The van der Waals surface area contributed by atoms with Crippen LogP contribution in [-0.4, -0.2) is 26.4 Å². The molecule has 0 aliphatic heterocycles. The number of halogens is 2. The monoisotopic (exact) mass is 474 g/mol. The molecule has 0 spiro atoms. The fourth-order valence-electron chi connectivity index (χ4n) is 2.76. The van der Waals surface area contributed by atoms with E-state index in [4.69, 9.17) is 4.74 Å². The lowest BCUT2D eigenvalue weighted by molar-refractivity contribution is -0.123. The Morgan fingerprint density at radius 3 is 2.30 bits per heavy atom. The Bertz CT molecular complexity index is 1290. The van der Waals surface area contributed by atoms with Crippen molar-refractivity contribution in [2.24, 2.45) is 0 Å². The molecule has 2 N–H and O–H groups in total. The van der Waals surface area contributed by atoms with E-state index in [9.17, 15) is 26.8 Å². The predicted molar refractivity (Wildman–Crippen MR) is 118 cm³/mol. The van der Waals surface area contributed by atoms with Gasteiger partial charge in [0.1, 0.15) is 11.6 Å². The molecule has 0 radical (unpaired) electrons. The summed E-state index contributed by atoms with van der Waals surface area (Å²) in [6, 6.07) is 14.0. The van der Waals surface area contributed by atoms with Crippen LogP contribution in [-0.2, 0) is 19.6 Å². The highest BCUT2D eigenvalue weighted by Gasteiger charge is 2.23. The summed E-state index contributed by atoms with van der Waals surface area (Å²) < 4.78 is 59.4. The third-order valence-corrected chi connectivity index (χ3v) is 5.99. The molecular formula is C23H20F2N2O5S. The Balaban J connectivity index is 1.73. The van der Waals surface area contributed by atoms with E-state index >= 15 is 0 Å². The number of carbonyl (C=O) groups excluding carboxylic acids is 2. The molecule has 0 aromatic heterocycles. The highest BCUT2D eigenvalue weighted by atomic mass is 32.2. The molecule has 172 valence electrons. The largest absolute Gasteiger partial charge is 0.449 e. The third-order valence-electron chi connectivity index (χ3n) is 4.61. The minimum atomic E-state index is -4.12. The summed E-state index contributed by atoms with van der Waals surface area (Å²) in [5.41, 5.74) is 0.384. The van der Waals surface area contributed by atoms with Crippen LogP contribution in [0.2, 0.25) is 0 Å². The van der Waals surface area contributed by atoms with E-state index in [1.165, 1.54) is 43.3 Å². The number of sulfonamides is 1. The summed E-state index contributed by atoms with van der Waals surface area (Å²) in [6.07, 6.45) is -1.26. The van der Waals surface area contributed by atoms with Gasteiger partial charge in [-0.3, -0.25) is 9.52 Å². The van der Waals surface area contributed by atoms with Gasteiger partial charge in [-0.05, 0) is 67.9 Å². The van der Waals surface area contributed by atoms with Gasteiger partial charge in [0.2, 0.25) is 0 Å². The van der Waals surface area contributed by atoms with Crippen molar-refractivity contribution >= 4 is 33.3 Å². The normalized spacial score (nSPS) is 12.0. The Labute approximate surface area is 189 Å². The molecule has 0 saturated carbocycles. The summed E-state index contributed by atoms with van der Waals surface area (Å²) in [5, 5.41) is 2.45. The topological polar surface area (TPSA) is 102 Å². The Hall–Kier alpha value is -3.79. The van der Waals surface area contributed by atoms with Crippen molar-refractivity contribution in [1.29, 1.82) is 0 Å². The smallest absolute Gasteiger partial charge is 0.341 e. The Morgan fingerprint density at radius 2 is 1.64 bits per heavy atom. The SMILES string of the molecule is Cc1ccc(NC(=O)C(C)OC(=O)c2ccccc2NS(=O)(=O)c2ccc(F)cc2)cc1F. The van der Waals surface area contributed by atoms with Gasteiger partial charge < -0.3 is 10.1 Å². The van der Waals surface area contributed by atoms with Crippen molar-refractivity contribution in [2.75, 3.05) is 10.0 Å². The maximum atomic E-state index is 13.7. The molecule has 1 unspecified atom stereocenters. The molecule has 1 atom stereocenters. The molecule has 1 amide bonds. The van der Waals surface area contributed by atoms with E-state index in [0.29, 0.717) is 5.56 Å². The number of ether oxygens (including phenoxy) is 1. The molecule has 0 heterocycles. The van der Waals surface area contributed by atoms with Crippen molar-refractivity contribution in [3.63, 3.8) is 0 Å². The quantitative estimate of drug-likeness (QED) is 0.499. The van der Waals surface area contributed by atoms with Crippen molar-refractivity contribution < 1.29 is 31.5 Å². The summed E-state index contributed by atoms with van der Waals surface area (Å²) in [7, 11) is -4.12. The van der Waals surface area contributed by atoms with Crippen LogP contribution in [0.1, 0.15) is 22.8 Å². The van der Waals surface area contributed by atoms with Crippen LogP contribution in [0, 0.1) is 18.6 Å². The number of carbonyl (C=O) groups is 2. The molecular weight excluding hydrogens is 454 g/mol. The van der Waals surface area contributed by atoms with Gasteiger partial charge in [0.05, 0.1) is 16.1 Å². The minimum Gasteiger partial charge on any atom is -0.449 e. The lowest BCUT2D eigenvalue weighted by Crippen LogP contribution is -2.30. The van der Waals surface area contributed by atoms with Crippen LogP contribution in [0.15, 0.2) is 71.6 Å². The van der Waals surface area contributed by atoms with Gasteiger partial charge >= 0.3 is 5.97 Å². The molecule has 7 nitrogen and oxygen atoms in total. The molecule has 10 heteroatoms. The number of esters is 1. The highest BCUT2D eigenvalue weighted by Crippen LogP contribution is 2.22. The third kappa shape index (κ3) is 5.92. The molecule has 3 rings (SSSR count). The molecule has 0 aliphatic rings. The van der Waals surface area contributed by atoms with E-state index in [-0.39, 0.29) is 21.8 Å². The van der Waals surface area contributed by atoms with Crippen LogP contribution in [0.25, 0.3) is 0 Å². The molecule has 0 bridgehead atoms. The first-order valence-electron chi connectivity index (χ1n) is 9.72. The van der Waals surface area contributed by atoms with E-state index in [0.717, 1.165) is 30.3 Å². The number of para-hydroxylation sites is 1. The molecule has 33 heavy (non-hydrogen) atoms. The first-order chi connectivity index (χ1) is 15.6. The van der Waals surface area contributed by atoms with E-state index < -0.39 is 39.6 Å². The van der Waals surface area contributed by atoms with Gasteiger partial charge in [-0.15, -0.1) is 0 Å². The number of anilines is 2. The van der Waals surface area contributed by atoms with Crippen LogP contribution >= 0.6 is 0 Å². The van der Waals surface area contributed by atoms with Gasteiger partial charge in [-0.25, -0.2) is 22.0 Å². The van der Waals surface area contributed by atoms with Crippen LogP contribution in [0.3, 0.4) is 0 Å². The average Bonchev–Trinajstić information content (AvgIpc) is 2.76. The fraction of sp³-hybridized carbons (Fsp3) is 0.130. The van der Waals surface area contributed by atoms with Crippen LogP contribution in [0.5, 0.6) is 0 Å². The zero-order valence-corrected chi connectivity index (χ0v) is 18.5. The van der Waals surface area contributed by atoms with Gasteiger partial charge in [-0.2, -0.15) is 0 Å². The van der Waals surface area contributed by atoms with Gasteiger partial charge in [0, 0.05) is 5.69 Å². The minimum absolute atomic E-state index is 0.0833. The number of hydrogen-bond acceptors (Lipinski definition) is 5. The number of amides is 1. The van der Waals surface area contributed by atoms with Crippen molar-refractivity contribution in [1.82, 2.24) is 0 Å². The number of hydrogen-bond donors (Lipinski definition) is 2. The predicted octanol–water partition coefficient (Wildman–Crippen LogP) is 4.26. The lowest BCUT2D eigenvalue weighted by Gasteiger charge is -2.16. The number of nitrogens with one attached hydrogen (secondary N) is 2. The van der Waals surface area contributed by atoms with Crippen molar-refractivity contribution in [3.05, 3.63) is 89.5 Å². The lowest BCUT2D eigenvalue weighted by atomic mass is 10.2. The van der Waals surface area contributed by atoms with Gasteiger partial charge in [0.15, 0.2) is 6.10 Å². The van der Waals surface area contributed by atoms with Crippen molar-refractivity contribution in [3.8, 4) is 0 Å². The first-order valence-corrected chi connectivity index (χ1v) is 11.2. The zero-order chi connectivity index (χ0) is 24.2. The van der Waals surface area contributed by atoms with E-state index in [1.807, 2.05) is 0 Å². The second-order valence-electron chi connectivity index (χ2n) is 7.11. The van der Waals surface area contributed by atoms with Crippen molar-refractivity contribution in [2.45, 2.75) is 24.8 Å². The maximum absolute atomic E-state index is 13.7. The summed E-state index contributed by atoms with van der Waals surface area (Å²) in [4.78, 5) is 24.8. The molecule has 3 aromatic rings. The second kappa shape index (κ2) is 9.78. The van der Waals surface area contributed by atoms with Gasteiger partial charge in [-0.1, -0.05) is 18.2 Å². The fourth-order valence-corrected chi connectivity index (χ4v) is 3.84. The van der Waals surface area contributed by atoms with E-state index in [2.05, 4.69) is 10.0 Å². The summed E-state index contributed by atoms with van der Waals surface area (Å²) in [5.74, 6) is -2.75. The number of rotatable bonds is 7.